The molecular weight excluding hydrogens is 270 g/mol. The van der Waals surface area contributed by atoms with E-state index in [0.717, 1.165) is 11.3 Å². The summed E-state index contributed by atoms with van der Waals surface area (Å²) in [6.07, 6.45) is 1.70. The minimum Gasteiger partial charge on any atom is -0.493 e. The molecule has 1 aromatic carbocycles. The lowest BCUT2D eigenvalue weighted by Crippen LogP contribution is -2.26. The zero-order valence-corrected chi connectivity index (χ0v) is 12.6. The van der Waals surface area contributed by atoms with Gasteiger partial charge < -0.3 is 15.2 Å². The normalized spacial score (nSPS) is 10.2. The molecule has 0 aliphatic carbocycles. The van der Waals surface area contributed by atoms with E-state index < -0.39 is 5.97 Å². The van der Waals surface area contributed by atoms with Gasteiger partial charge in [-0.2, -0.15) is 0 Å². The van der Waals surface area contributed by atoms with E-state index in [9.17, 15) is 9.59 Å². The fraction of sp³-hybridized carbons (Fsp3) is 0.500. The summed E-state index contributed by atoms with van der Waals surface area (Å²) in [5.41, 5.74) is 2.24. The Morgan fingerprint density at radius 3 is 2.62 bits per heavy atom. The Hall–Kier alpha value is -2.04. The Kier molecular flexibility index (Phi) is 7.29. The van der Waals surface area contributed by atoms with Gasteiger partial charge in [0.05, 0.1) is 13.0 Å². The van der Waals surface area contributed by atoms with E-state index in [2.05, 4.69) is 5.32 Å². The number of carbonyl (C=O) groups is 2. The number of benzene rings is 1. The van der Waals surface area contributed by atoms with Crippen molar-refractivity contribution in [2.24, 2.45) is 0 Å². The van der Waals surface area contributed by atoms with Crippen molar-refractivity contribution in [3.63, 3.8) is 0 Å². The third-order valence-corrected chi connectivity index (χ3v) is 3.06. The summed E-state index contributed by atoms with van der Waals surface area (Å²) in [4.78, 5) is 21.9. The molecule has 0 aliphatic heterocycles. The number of hydrogen-bond acceptors (Lipinski definition) is 3. The first-order chi connectivity index (χ1) is 9.99. The van der Waals surface area contributed by atoms with Gasteiger partial charge in [-0.05, 0) is 38.3 Å². The zero-order valence-electron chi connectivity index (χ0n) is 12.6. The molecule has 0 aromatic heterocycles. The van der Waals surface area contributed by atoms with E-state index in [-0.39, 0.29) is 12.3 Å². The summed E-state index contributed by atoms with van der Waals surface area (Å²) < 4.78 is 5.58. The van der Waals surface area contributed by atoms with Gasteiger partial charge in [-0.15, -0.1) is 0 Å². The van der Waals surface area contributed by atoms with Crippen molar-refractivity contribution in [3.8, 4) is 5.75 Å². The molecule has 1 amide bonds. The summed E-state index contributed by atoms with van der Waals surface area (Å²) in [6, 6.07) is 5.93. The van der Waals surface area contributed by atoms with Crippen molar-refractivity contribution in [1.29, 1.82) is 0 Å². The third kappa shape index (κ3) is 7.34. The molecule has 0 atom stereocenters. The Morgan fingerprint density at radius 2 is 1.95 bits per heavy atom. The lowest BCUT2D eigenvalue weighted by molar-refractivity contribution is -0.137. The lowest BCUT2D eigenvalue weighted by atomic mass is 10.1. The van der Waals surface area contributed by atoms with Crippen LogP contribution >= 0.6 is 0 Å². The number of carboxylic acids is 1. The molecule has 0 aliphatic rings. The molecule has 21 heavy (non-hydrogen) atoms. The Labute approximate surface area is 125 Å². The standard InChI is InChI=1S/C16H23NO4/c1-12-6-7-14(13(2)11-12)21-10-8-15(18)17-9-4-3-5-16(19)20/h6-7,11H,3-5,8-10H2,1-2H3,(H,17,18)(H,19,20). The number of hydrogen-bond donors (Lipinski definition) is 2. The topological polar surface area (TPSA) is 75.6 Å². The van der Waals surface area contributed by atoms with Gasteiger partial charge >= 0.3 is 5.97 Å². The quantitative estimate of drug-likeness (QED) is 0.686. The maximum atomic E-state index is 11.6. The van der Waals surface area contributed by atoms with Crippen LogP contribution in [0.25, 0.3) is 0 Å². The molecule has 1 rings (SSSR count). The van der Waals surface area contributed by atoms with Gasteiger partial charge in [0, 0.05) is 13.0 Å². The van der Waals surface area contributed by atoms with E-state index in [4.69, 9.17) is 9.84 Å². The lowest BCUT2D eigenvalue weighted by Gasteiger charge is -2.10. The van der Waals surface area contributed by atoms with Crippen LogP contribution in [0.5, 0.6) is 5.75 Å². The number of aliphatic carboxylic acids is 1. The molecule has 1 aromatic rings. The highest BCUT2D eigenvalue weighted by molar-refractivity contribution is 5.75. The number of nitrogens with one attached hydrogen (secondary N) is 1. The fourth-order valence-corrected chi connectivity index (χ4v) is 1.93. The molecule has 2 N–H and O–H groups in total. The number of ether oxygens (including phenoxy) is 1. The summed E-state index contributed by atoms with van der Waals surface area (Å²) in [7, 11) is 0. The maximum Gasteiger partial charge on any atom is 0.303 e. The van der Waals surface area contributed by atoms with E-state index in [0.29, 0.717) is 32.4 Å². The molecule has 0 saturated carbocycles. The number of carboxylic acid groups (broad SMARTS) is 1. The van der Waals surface area contributed by atoms with Crippen molar-refractivity contribution in [1.82, 2.24) is 5.32 Å². The number of aryl methyl sites for hydroxylation is 2. The van der Waals surface area contributed by atoms with Crippen LogP contribution in [0.1, 0.15) is 36.8 Å². The van der Waals surface area contributed by atoms with E-state index >= 15 is 0 Å². The van der Waals surface area contributed by atoms with Crippen LogP contribution in [-0.2, 0) is 9.59 Å². The van der Waals surface area contributed by atoms with Gasteiger partial charge in [-0.3, -0.25) is 9.59 Å². The molecule has 0 bridgehead atoms. The Bertz CT molecular complexity index is 485. The predicted octanol–water partition coefficient (Wildman–Crippen LogP) is 2.44. The molecule has 0 radical (unpaired) electrons. The molecule has 0 fully saturated rings. The number of carbonyl (C=O) groups excluding carboxylic acids is 1. The van der Waals surface area contributed by atoms with Crippen LogP contribution in [0.15, 0.2) is 18.2 Å². The van der Waals surface area contributed by atoms with Gasteiger partial charge in [0.15, 0.2) is 0 Å². The number of unbranched alkanes of at least 4 members (excludes halogenated alkanes) is 1. The van der Waals surface area contributed by atoms with Crippen LogP contribution < -0.4 is 10.1 Å². The fourth-order valence-electron chi connectivity index (χ4n) is 1.93. The number of amides is 1. The van der Waals surface area contributed by atoms with Crippen molar-refractivity contribution in [2.75, 3.05) is 13.2 Å². The van der Waals surface area contributed by atoms with Crippen molar-refractivity contribution in [3.05, 3.63) is 29.3 Å². The van der Waals surface area contributed by atoms with E-state index in [1.165, 1.54) is 5.56 Å². The van der Waals surface area contributed by atoms with Crippen LogP contribution in [0.2, 0.25) is 0 Å². The van der Waals surface area contributed by atoms with Gasteiger partial charge in [0.25, 0.3) is 0 Å². The molecule has 0 unspecified atom stereocenters. The molecule has 0 spiro atoms. The molecule has 0 heterocycles. The Balaban J connectivity index is 2.14. The van der Waals surface area contributed by atoms with Gasteiger partial charge in [-0.1, -0.05) is 17.7 Å². The maximum absolute atomic E-state index is 11.6. The van der Waals surface area contributed by atoms with E-state index in [1.807, 2.05) is 32.0 Å². The Morgan fingerprint density at radius 1 is 1.19 bits per heavy atom. The SMILES string of the molecule is Cc1ccc(OCCC(=O)NCCCCC(=O)O)c(C)c1. The molecule has 116 valence electrons. The largest absolute Gasteiger partial charge is 0.493 e. The zero-order chi connectivity index (χ0) is 15.7. The predicted molar refractivity (Wildman–Crippen MR) is 80.5 cm³/mol. The highest BCUT2D eigenvalue weighted by atomic mass is 16.5. The van der Waals surface area contributed by atoms with Crippen LogP contribution in [0.3, 0.4) is 0 Å². The third-order valence-electron chi connectivity index (χ3n) is 3.06. The minimum atomic E-state index is -0.803. The first-order valence-corrected chi connectivity index (χ1v) is 7.17. The van der Waals surface area contributed by atoms with E-state index in [1.54, 1.807) is 0 Å². The van der Waals surface area contributed by atoms with Gasteiger partial charge in [0.2, 0.25) is 5.91 Å². The summed E-state index contributed by atoms with van der Waals surface area (Å²) >= 11 is 0. The minimum absolute atomic E-state index is 0.0740. The second-order valence-electron chi connectivity index (χ2n) is 5.07. The molecule has 5 nitrogen and oxygen atoms in total. The second-order valence-corrected chi connectivity index (χ2v) is 5.07. The second kappa shape index (κ2) is 9.00. The van der Waals surface area contributed by atoms with Crippen LogP contribution in [-0.4, -0.2) is 30.1 Å². The molecular formula is C16H23NO4. The van der Waals surface area contributed by atoms with Crippen molar-refractivity contribution >= 4 is 11.9 Å². The van der Waals surface area contributed by atoms with Gasteiger partial charge in [0.1, 0.15) is 5.75 Å². The summed E-state index contributed by atoms with van der Waals surface area (Å²) in [5.74, 6) is -0.0758. The highest BCUT2D eigenvalue weighted by Crippen LogP contribution is 2.18. The summed E-state index contributed by atoms with van der Waals surface area (Å²) in [6.45, 7) is 4.85. The first-order valence-electron chi connectivity index (χ1n) is 7.17. The molecule has 5 heteroatoms. The average molecular weight is 293 g/mol. The average Bonchev–Trinajstić information content (AvgIpc) is 2.40. The van der Waals surface area contributed by atoms with Gasteiger partial charge in [-0.25, -0.2) is 0 Å². The summed E-state index contributed by atoms with van der Waals surface area (Å²) in [5, 5.41) is 11.2. The monoisotopic (exact) mass is 293 g/mol. The smallest absolute Gasteiger partial charge is 0.303 e. The number of rotatable bonds is 9. The van der Waals surface area contributed by atoms with Crippen molar-refractivity contribution in [2.45, 2.75) is 39.5 Å². The highest BCUT2D eigenvalue weighted by Gasteiger charge is 2.04. The van der Waals surface area contributed by atoms with Crippen LogP contribution in [0, 0.1) is 13.8 Å². The molecule has 0 saturated heterocycles. The first kappa shape index (κ1) is 17.0. The van der Waals surface area contributed by atoms with Crippen molar-refractivity contribution < 1.29 is 19.4 Å². The van der Waals surface area contributed by atoms with Crippen LogP contribution in [0.4, 0.5) is 0 Å².